The van der Waals surface area contributed by atoms with Gasteiger partial charge in [-0.1, -0.05) is 6.07 Å². The topological polar surface area (TPSA) is 61.6 Å². The number of rotatable bonds is 2. The van der Waals surface area contributed by atoms with Crippen LogP contribution in [-0.4, -0.2) is 9.97 Å². The van der Waals surface area contributed by atoms with Crippen LogP contribution in [0.4, 0.5) is 20.4 Å². The van der Waals surface area contributed by atoms with Gasteiger partial charge in [-0.05, 0) is 18.2 Å². The molecule has 17 heavy (non-hydrogen) atoms. The van der Waals surface area contributed by atoms with Crippen LogP contribution < -0.4 is 5.32 Å². The molecule has 0 amide bonds. The van der Waals surface area contributed by atoms with Crippen LogP contribution in [0.1, 0.15) is 5.69 Å². The lowest BCUT2D eigenvalue weighted by Gasteiger charge is -2.05. The zero-order valence-electron chi connectivity index (χ0n) is 8.48. The van der Waals surface area contributed by atoms with Gasteiger partial charge in [0.15, 0.2) is 11.6 Å². The number of hydrogen-bond donors (Lipinski definition) is 1. The lowest BCUT2D eigenvalue weighted by atomic mass is 10.3. The highest BCUT2D eigenvalue weighted by atomic mass is 19.2. The zero-order valence-corrected chi connectivity index (χ0v) is 8.48. The highest BCUT2D eigenvalue weighted by Gasteiger charge is 2.08. The van der Waals surface area contributed by atoms with Crippen LogP contribution in [0.15, 0.2) is 30.5 Å². The summed E-state index contributed by atoms with van der Waals surface area (Å²) in [7, 11) is 0. The van der Waals surface area contributed by atoms with Crippen molar-refractivity contribution in [2.75, 3.05) is 5.32 Å². The van der Waals surface area contributed by atoms with Gasteiger partial charge in [0.25, 0.3) is 0 Å². The predicted octanol–water partition coefficient (Wildman–Crippen LogP) is 2.37. The molecule has 1 aromatic heterocycles. The molecule has 0 fully saturated rings. The Bertz CT molecular complexity index is 592. The predicted molar refractivity (Wildman–Crippen MR) is 56.4 cm³/mol. The van der Waals surface area contributed by atoms with Gasteiger partial charge in [0.2, 0.25) is 5.95 Å². The third-order valence-electron chi connectivity index (χ3n) is 1.97. The number of anilines is 2. The summed E-state index contributed by atoms with van der Waals surface area (Å²) in [5.41, 5.74) is 0.0550. The minimum Gasteiger partial charge on any atom is -0.322 e. The Morgan fingerprint density at radius 2 is 2.06 bits per heavy atom. The van der Waals surface area contributed by atoms with Gasteiger partial charge in [-0.25, -0.2) is 18.7 Å². The molecule has 6 heteroatoms. The Morgan fingerprint density at radius 3 is 2.82 bits per heavy atom. The van der Waals surface area contributed by atoms with Crippen LogP contribution in [0.5, 0.6) is 0 Å². The standard InChI is InChI=1S/C11H6F2N4/c12-8-2-1-3-9(10(8)13)17-11-15-5-4-7(6-14)16-11/h1-5H,(H,15,16,17). The molecule has 4 nitrogen and oxygen atoms in total. The van der Waals surface area contributed by atoms with Crippen LogP contribution in [0.3, 0.4) is 0 Å². The molecular weight excluding hydrogens is 226 g/mol. The molecular formula is C11H6F2N4. The maximum atomic E-state index is 13.3. The number of aromatic nitrogens is 2. The maximum Gasteiger partial charge on any atom is 0.228 e. The Balaban J connectivity index is 2.32. The van der Waals surface area contributed by atoms with Crippen molar-refractivity contribution >= 4 is 11.6 Å². The molecule has 0 spiro atoms. The summed E-state index contributed by atoms with van der Waals surface area (Å²) in [6.45, 7) is 0. The number of hydrogen-bond acceptors (Lipinski definition) is 4. The number of halogens is 2. The van der Waals surface area contributed by atoms with E-state index in [2.05, 4.69) is 15.3 Å². The van der Waals surface area contributed by atoms with E-state index in [-0.39, 0.29) is 17.3 Å². The fourth-order valence-corrected chi connectivity index (χ4v) is 1.20. The van der Waals surface area contributed by atoms with Gasteiger partial charge in [-0.3, -0.25) is 0 Å². The van der Waals surface area contributed by atoms with E-state index < -0.39 is 11.6 Å². The van der Waals surface area contributed by atoms with Crippen molar-refractivity contribution in [2.45, 2.75) is 0 Å². The van der Waals surface area contributed by atoms with Crippen molar-refractivity contribution in [3.8, 4) is 6.07 Å². The molecule has 1 aromatic carbocycles. The Labute approximate surface area is 95.6 Å². The molecule has 0 unspecified atom stereocenters. The van der Waals surface area contributed by atoms with E-state index in [0.717, 1.165) is 6.07 Å². The number of nitriles is 1. The van der Waals surface area contributed by atoms with E-state index in [4.69, 9.17) is 5.26 Å². The van der Waals surface area contributed by atoms with Crippen LogP contribution in [-0.2, 0) is 0 Å². The molecule has 0 saturated carbocycles. The van der Waals surface area contributed by atoms with Crippen LogP contribution in [0.2, 0.25) is 0 Å². The summed E-state index contributed by atoms with van der Waals surface area (Å²) < 4.78 is 26.2. The summed E-state index contributed by atoms with van der Waals surface area (Å²) in [6.07, 6.45) is 1.35. The Hall–Kier alpha value is -2.55. The molecule has 0 aliphatic heterocycles. The zero-order chi connectivity index (χ0) is 12.3. The van der Waals surface area contributed by atoms with Crippen molar-refractivity contribution < 1.29 is 8.78 Å². The van der Waals surface area contributed by atoms with E-state index in [1.165, 1.54) is 24.4 Å². The first-order chi connectivity index (χ1) is 8.20. The molecule has 0 bridgehead atoms. The van der Waals surface area contributed by atoms with Crippen molar-refractivity contribution in [1.29, 1.82) is 5.26 Å². The monoisotopic (exact) mass is 232 g/mol. The first-order valence-corrected chi connectivity index (χ1v) is 4.65. The summed E-state index contributed by atoms with van der Waals surface area (Å²) in [5.74, 6) is -1.95. The number of nitrogens with one attached hydrogen (secondary N) is 1. The minimum atomic E-state index is -1.02. The molecule has 0 atom stereocenters. The van der Waals surface area contributed by atoms with E-state index in [0.29, 0.717) is 0 Å². The summed E-state index contributed by atoms with van der Waals surface area (Å²) >= 11 is 0. The fraction of sp³-hybridized carbons (Fsp3) is 0. The molecule has 0 aliphatic carbocycles. The second-order valence-corrected chi connectivity index (χ2v) is 3.10. The Kier molecular flexibility index (Phi) is 2.92. The smallest absolute Gasteiger partial charge is 0.228 e. The van der Waals surface area contributed by atoms with Gasteiger partial charge in [0, 0.05) is 6.20 Å². The second kappa shape index (κ2) is 4.53. The third-order valence-corrected chi connectivity index (χ3v) is 1.97. The molecule has 0 aliphatic rings. The minimum absolute atomic E-state index is 0.0357. The van der Waals surface area contributed by atoms with Crippen molar-refractivity contribution in [3.05, 3.63) is 47.8 Å². The van der Waals surface area contributed by atoms with Crippen LogP contribution in [0.25, 0.3) is 0 Å². The van der Waals surface area contributed by atoms with Gasteiger partial charge in [-0.15, -0.1) is 0 Å². The average molecular weight is 232 g/mol. The maximum absolute atomic E-state index is 13.3. The summed E-state index contributed by atoms with van der Waals surface area (Å²) in [6, 6.07) is 6.94. The first-order valence-electron chi connectivity index (χ1n) is 4.65. The van der Waals surface area contributed by atoms with Gasteiger partial charge in [0.1, 0.15) is 11.8 Å². The van der Waals surface area contributed by atoms with Crippen molar-refractivity contribution in [2.24, 2.45) is 0 Å². The SMILES string of the molecule is N#Cc1ccnc(Nc2cccc(F)c2F)n1. The quantitative estimate of drug-likeness (QED) is 0.863. The molecule has 2 rings (SSSR count). The average Bonchev–Trinajstić information content (AvgIpc) is 2.35. The highest BCUT2D eigenvalue weighted by Crippen LogP contribution is 2.19. The third kappa shape index (κ3) is 2.34. The van der Waals surface area contributed by atoms with Gasteiger partial charge in [-0.2, -0.15) is 5.26 Å². The van der Waals surface area contributed by atoms with Crippen molar-refractivity contribution in [1.82, 2.24) is 9.97 Å². The summed E-state index contributed by atoms with van der Waals surface area (Å²) in [4.78, 5) is 7.58. The highest BCUT2D eigenvalue weighted by molar-refractivity contribution is 5.54. The molecule has 0 radical (unpaired) electrons. The van der Waals surface area contributed by atoms with E-state index in [1.54, 1.807) is 0 Å². The normalized spacial score (nSPS) is 9.71. The van der Waals surface area contributed by atoms with Crippen LogP contribution in [0, 0.1) is 23.0 Å². The molecule has 2 aromatic rings. The molecule has 84 valence electrons. The van der Waals surface area contributed by atoms with Crippen LogP contribution >= 0.6 is 0 Å². The number of nitrogens with zero attached hydrogens (tertiary/aromatic N) is 3. The number of benzene rings is 1. The van der Waals surface area contributed by atoms with E-state index in [9.17, 15) is 8.78 Å². The van der Waals surface area contributed by atoms with E-state index in [1.807, 2.05) is 6.07 Å². The lowest BCUT2D eigenvalue weighted by molar-refractivity contribution is 0.511. The Morgan fingerprint density at radius 1 is 1.24 bits per heavy atom. The lowest BCUT2D eigenvalue weighted by Crippen LogP contribution is -2.01. The summed E-state index contributed by atoms with van der Waals surface area (Å²) in [5, 5.41) is 11.1. The second-order valence-electron chi connectivity index (χ2n) is 3.10. The fourth-order valence-electron chi connectivity index (χ4n) is 1.20. The van der Waals surface area contributed by atoms with Crippen molar-refractivity contribution in [3.63, 3.8) is 0 Å². The van der Waals surface area contributed by atoms with Gasteiger partial charge in [0.05, 0.1) is 5.69 Å². The molecule has 1 N–H and O–H groups in total. The molecule has 1 heterocycles. The van der Waals surface area contributed by atoms with Gasteiger partial charge >= 0.3 is 0 Å². The van der Waals surface area contributed by atoms with E-state index >= 15 is 0 Å². The molecule has 0 saturated heterocycles. The largest absolute Gasteiger partial charge is 0.322 e. The first kappa shape index (κ1) is 11.0. The van der Waals surface area contributed by atoms with Gasteiger partial charge < -0.3 is 5.32 Å².